The van der Waals surface area contributed by atoms with Gasteiger partial charge in [-0.15, -0.1) is 0 Å². The molecule has 0 spiro atoms. The standard InChI is InChI=1S/C19H23BrFNO2/c1-4-13(2)22-11-14-9-16(20)19(18(10-14)23-3)24-12-15-7-5-6-8-17(15)21/h5-10,13,22H,4,11-12H2,1-3H3/t13-/m0/s1. The van der Waals surface area contributed by atoms with E-state index >= 15 is 0 Å². The lowest BCUT2D eigenvalue weighted by molar-refractivity contribution is 0.277. The number of methoxy groups -OCH3 is 1. The lowest BCUT2D eigenvalue weighted by Crippen LogP contribution is -2.24. The molecule has 0 fully saturated rings. The average molecular weight is 396 g/mol. The van der Waals surface area contributed by atoms with Crippen molar-refractivity contribution in [3.8, 4) is 11.5 Å². The van der Waals surface area contributed by atoms with E-state index in [0.717, 1.165) is 23.0 Å². The second-order valence-corrected chi connectivity index (χ2v) is 6.53. The molecule has 0 saturated heterocycles. The molecule has 0 heterocycles. The Morgan fingerprint density at radius 1 is 1.25 bits per heavy atom. The fourth-order valence-electron chi connectivity index (χ4n) is 2.22. The van der Waals surface area contributed by atoms with Crippen molar-refractivity contribution in [2.45, 2.75) is 39.5 Å². The van der Waals surface area contributed by atoms with Crippen LogP contribution in [0, 0.1) is 5.82 Å². The minimum Gasteiger partial charge on any atom is -0.493 e. The molecule has 0 aromatic heterocycles. The third kappa shape index (κ3) is 4.95. The van der Waals surface area contributed by atoms with Crippen LogP contribution in [0.25, 0.3) is 0 Å². The normalized spacial score (nSPS) is 12.0. The Bertz CT molecular complexity index is 678. The molecule has 0 amide bonds. The number of nitrogens with one attached hydrogen (secondary N) is 1. The fraction of sp³-hybridized carbons (Fsp3) is 0.368. The molecule has 0 bridgehead atoms. The molecule has 0 aliphatic heterocycles. The van der Waals surface area contributed by atoms with Gasteiger partial charge in [-0.2, -0.15) is 0 Å². The highest BCUT2D eigenvalue weighted by Crippen LogP contribution is 2.37. The van der Waals surface area contributed by atoms with Gasteiger partial charge in [0.05, 0.1) is 11.6 Å². The molecule has 2 aromatic carbocycles. The van der Waals surface area contributed by atoms with Crippen molar-refractivity contribution in [3.05, 3.63) is 57.8 Å². The molecule has 3 nitrogen and oxygen atoms in total. The van der Waals surface area contributed by atoms with E-state index in [2.05, 4.69) is 35.1 Å². The van der Waals surface area contributed by atoms with Crippen molar-refractivity contribution in [2.75, 3.05) is 7.11 Å². The molecule has 2 aromatic rings. The van der Waals surface area contributed by atoms with Crippen molar-refractivity contribution in [2.24, 2.45) is 0 Å². The first-order valence-electron chi connectivity index (χ1n) is 8.01. The number of hydrogen-bond donors (Lipinski definition) is 1. The quantitative estimate of drug-likeness (QED) is 0.676. The summed E-state index contributed by atoms with van der Waals surface area (Å²) in [6.45, 7) is 5.19. The predicted molar refractivity (Wildman–Crippen MR) is 98.0 cm³/mol. The SMILES string of the molecule is CC[C@H](C)NCc1cc(Br)c(OCc2ccccc2F)c(OC)c1. The highest BCUT2D eigenvalue weighted by atomic mass is 79.9. The summed E-state index contributed by atoms with van der Waals surface area (Å²) < 4.78 is 25.7. The zero-order valence-corrected chi connectivity index (χ0v) is 15.8. The van der Waals surface area contributed by atoms with Crippen molar-refractivity contribution in [1.82, 2.24) is 5.32 Å². The average Bonchev–Trinajstić information content (AvgIpc) is 2.59. The van der Waals surface area contributed by atoms with Gasteiger partial charge in [-0.25, -0.2) is 4.39 Å². The zero-order chi connectivity index (χ0) is 17.5. The van der Waals surface area contributed by atoms with Crippen molar-refractivity contribution < 1.29 is 13.9 Å². The summed E-state index contributed by atoms with van der Waals surface area (Å²) in [6, 6.07) is 11.0. The van der Waals surface area contributed by atoms with Gasteiger partial charge in [-0.3, -0.25) is 0 Å². The zero-order valence-electron chi connectivity index (χ0n) is 14.2. The molecule has 0 unspecified atom stereocenters. The van der Waals surface area contributed by atoms with Gasteiger partial charge in [-0.05, 0) is 53.0 Å². The third-order valence-electron chi connectivity index (χ3n) is 3.89. The van der Waals surface area contributed by atoms with Crippen LogP contribution in [0.15, 0.2) is 40.9 Å². The summed E-state index contributed by atoms with van der Waals surface area (Å²) in [4.78, 5) is 0. The van der Waals surface area contributed by atoms with Crippen LogP contribution in [-0.2, 0) is 13.2 Å². The van der Waals surface area contributed by atoms with Crippen LogP contribution in [0.3, 0.4) is 0 Å². The highest BCUT2D eigenvalue weighted by Gasteiger charge is 2.13. The van der Waals surface area contributed by atoms with Gasteiger partial charge in [0.25, 0.3) is 0 Å². The maximum atomic E-state index is 13.7. The minimum absolute atomic E-state index is 0.145. The Labute approximate surface area is 151 Å². The van der Waals surface area contributed by atoms with Gasteiger partial charge < -0.3 is 14.8 Å². The van der Waals surface area contributed by atoms with E-state index in [0.29, 0.717) is 23.1 Å². The summed E-state index contributed by atoms with van der Waals surface area (Å²) in [7, 11) is 1.60. The van der Waals surface area contributed by atoms with Gasteiger partial charge in [0.15, 0.2) is 11.5 Å². The molecule has 5 heteroatoms. The van der Waals surface area contributed by atoms with Crippen LogP contribution in [-0.4, -0.2) is 13.2 Å². The molecule has 0 radical (unpaired) electrons. The molecule has 0 saturated carbocycles. The molecule has 0 aliphatic rings. The van der Waals surface area contributed by atoms with Gasteiger partial charge >= 0.3 is 0 Å². The first-order valence-corrected chi connectivity index (χ1v) is 8.80. The van der Waals surface area contributed by atoms with E-state index in [1.165, 1.54) is 6.07 Å². The van der Waals surface area contributed by atoms with Gasteiger partial charge in [0.1, 0.15) is 12.4 Å². The molecule has 1 N–H and O–H groups in total. The largest absolute Gasteiger partial charge is 0.493 e. The lowest BCUT2D eigenvalue weighted by Gasteiger charge is -2.16. The van der Waals surface area contributed by atoms with Gasteiger partial charge in [0, 0.05) is 18.2 Å². The van der Waals surface area contributed by atoms with Crippen LogP contribution >= 0.6 is 15.9 Å². The number of benzene rings is 2. The Morgan fingerprint density at radius 2 is 2.00 bits per heavy atom. The van der Waals surface area contributed by atoms with Gasteiger partial charge in [0.2, 0.25) is 0 Å². The van der Waals surface area contributed by atoms with E-state index in [1.807, 2.05) is 12.1 Å². The molecular weight excluding hydrogens is 373 g/mol. The number of halogens is 2. The Hall–Kier alpha value is -1.59. The van der Waals surface area contributed by atoms with E-state index in [9.17, 15) is 4.39 Å². The predicted octanol–water partition coefficient (Wildman–Crippen LogP) is 5.06. The number of rotatable bonds is 8. The topological polar surface area (TPSA) is 30.5 Å². The number of hydrogen-bond acceptors (Lipinski definition) is 3. The molecule has 2 rings (SSSR count). The van der Waals surface area contributed by atoms with Crippen molar-refractivity contribution >= 4 is 15.9 Å². The first kappa shape index (κ1) is 18.7. The van der Waals surface area contributed by atoms with Crippen LogP contribution in [0.1, 0.15) is 31.4 Å². The summed E-state index contributed by atoms with van der Waals surface area (Å²) >= 11 is 3.53. The summed E-state index contributed by atoms with van der Waals surface area (Å²) in [5.74, 6) is 0.927. The molecule has 130 valence electrons. The second-order valence-electron chi connectivity index (χ2n) is 5.68. The van der Waals surface area contributed by atoms with E-state index < -0.39 is 0 Å². The van der Waals surface area contributed by atoms with Crippen LogP contribution in [0.2, 0.25) is 0 Å². The molecule has 1 atom stereocenters. The molecular formula is C19H23BrFNO2. The highest BCUT2D eigenvalue weighted by molar-refractivity contribution is 9.10. The fourth-order valence-corrected chi connectivity index (χ4v) is 2.82. The Kier molecular flexibility index (Phi) is 7.06. The lowest BCUT2D eigenvalue weighted by atomic mass is 10.1. The molecule has 0 aliphatic carbocycles. The van der Waals surface area contributed by atoms with Crippen LogP contribution in [0.5, 0.6) is 11.5 Å². The summed E-state index contributed by atoms with van der Waals surface area (Å²) in [5.41, 5.74) is 1.60. The monoisotopic (exact) mass is 395 g/mol. The van der Waals surface area contributed by atoms with Gasteiger partial charge in [-0.1, -0.05) is 25.1 Å². The van der Waals surface area contributed by atoms with Crippen LogP contribution in [0.4, 0.5) is 4.39 Å². The minimum atomic E-state index is -0.276. The number of ether oxygens (including phenoxy) is 2. The summed E-state index contributed by atoms with van der Waals surface area (Å²) in [6.07, 6.45) is 1.07. The second kappa shape index (κ2) is 9.04. The van der Waals surface area contributed by atoms with Crippen LogP contribution < -0.4 is 14.8 Å². The van der Waals surface area contributed by atoms with E-state index in [4.69, 9.17) is 9.47 Å². The first-order chi connectivity index (χ1) is 11.5. The molecule has 24 heavy (non-hydrogen) atoms. The van der Waals surface area contributed by atoms with E-state index in [1.54, 1.807) is 25.3 Å². The summed E-state index contributed by atoms with van der Waals surface area (Å²) in [5, 5.41) is 3.45. The smallest absolute Gasteiger partial charge is 0.175 e. The Balaban J connectivity index is 2.13. The maximum absolute atomic E-state index is 13.7. The maximum Gasteiger partial charge on any atom is 0.175 e. The van der Waals surface area contributed by atoms with Crippen molar-refractivity contribution in [1.29, 1.82) is 0 Å². The third-order valence-corrected chi connectivity index (χ3v) is 4.48. The Morgan fingerprint density at radius 3 is 2.67 bits per heavy atom. The van der Waals surface area contributed by atoms with Crippen molar-refractivity contribution in [3.63, 3.8) is 0 Å². The van der Waals surface area contributed by atoms with E-state index in [-0.39, 0.29) is 12.4 Å².